The number of nitrogens with zero attached hydrogens (tertiary/aromatic N) is 1. The number of rotatable bonds is 5. The molecule has 1 heterocycles. The number of carbonyl (C=O) groups excluding carboxylic acids is 2. The molecule has 1 aliphatic heterocycles. The lowest BCUT2D eigenvalue weighted by atomic mass is 10.1. The first kappa shape index (κ1) is 19.9. The van der Waals surface area contributed by atoms with Crippen molar-refractivity contribution in [2.75, 3.05) is 16.8 Å². The number of nitrogens with one attached hydrogen (secondary N) is 1. The second kappa shape index (κ2) is 8.55. The Bertz CT molecular complexity index is 1080. The lowest BCUT2D eigenvalue weighted by Crippen LogP contribution is -2.38. The smallest absolute Gasteiger partial charge is 0.265 e. The minimum absolute atomic E-state index is 0.0448. The molecule has 0 unspecified atom stereocenters. The van der Waals surface area contributed by atoms with Crippen molar-refractivity contribution in [1.29, 1.82) is 0 Å². The zero-order valence-corrected chi connectivity index (χ0v) is 16.7. The number of ether oxygens (including phenoxy) is 1. The first-order valence-electron chi connectivity index (χ1n) is 9.34. The average Bonchev–Trinajstić information content (AvgIpc) is 2.73. The number of amides is 2. The standard InChI is InChI=1S/C23H18ClFN2O3/c24-17-5-1-16(2-6-17)13-27-20-12-19(9-10-21(20)30-14-23(27)29)26-22(28)11-15-3-7-18(25)8-4-15/h1-10,12H,11,13-14H2,(H,26,28). The molecule has 7 heteroatoms. The summed E-state index contributed by atoms with van der Waals surface area (Å²) in [5.41, 5.74) is 2.75. The first-order valence-corrected chi connectivity index (χ1v) is 9.72. The van der Waals surface area contributed by atoms with E-state index in [-0.39, 0.29) is 30.7 Å². The minimum Gasteiger partial charge on any atom is -0.482 e. The van der Waals surface area contributed by atoms with Crippen LogP contribution in [-0.4, -0.2) is 18.4 Å². The summed E-state index contributed by atoms with van der Waals surface area (Å²) in [5, 5.41) is 3.44. The van der Waals surface area contributed by atoms with Gasteiger partial charge in [0.25, 0.3) is 5.91 Å². The molecule has 0 saturated carbocycles. The highest BCUT2D eigenvalue weighted by molar-refractivity contribution is 6.30. The second-order valence-electron chi connectivity index (χ2n) is 6.93. The average molecular weight is 425 g/mol. The summed E-state index contributed by atoms with van der Waals surface area (Å²) in [6, 6.07) is 18.2. The van der Waals surface area contributed by atoms with Gasteiger partial charge in [-0.25, -0.2) is 4.39 Å². The zero-order chi connectivity index (χ0) is 21.1. The molecule has 1 aliphatic rings. The third kappa shape index (κ3) is 4.60. The van der Waals surface area contributed by atoms with Crippen LogP contribution in [-0.2, 0) is 22.6 Å². The molecule has 3 aromatic carbocycles. The number of hydrogen-bond acceptors (Lipinski definition) is 3. The Hall–Kier alpha value is -3.38. The van der Waals surface area contributed by atoms with Crippen LogP contribution in [0.4, 0.5) is 15.8 Å². The molecule has 0 spiro atoms. The van der Waals surface area contributed by atoms with E-state index < -0.39 is 0 Å². The fraction of sp³-hybridized carbons (Fsp3) is 0.130. The van der Waals surface area contributed by atoms with E-state index in [1.54, 1.807) is 47.4 Å². The highest BCUT2D eigenvalue weighted by Gasteiger charge is 2.26. The molecule has 152 valence electrons. The summed E-state index contributed by atoms with van der Waals surface area (Å²) in [4.78, 5) is 26.5. The molecule has 0 fully saturated rings. The SMILES string of the molecule is O=C(Cc1ccc(F)cc1)Nc1ccc2c(c1)N(Cc1ccc(Cl)cc1)C(=O)CO2. The molecule has 0 bridgehead atoms. The van der Waals surface area contributed by atoms with E-state index in [0.29, 0.717) is 34.3 Å². The molecule has 1 N–H and O–H groups in total. The highest BCUT2D eigenvalue weighted by Crippen LogP contribution is 2.35. The lowest BCUT2D eigenvalue weighted by Gasteiger charge is -2.30. The number of halogens is 2. The Morgan fingerprint density at radius 3 is 2.47 bits per heavy atom. The summed E-state index contributed by atoms with van der Waals surface area (Å²) in [5.74, 6) is -0.194. The van der Waals surface area contributed by atoms with Gasteiger partial charge in [-0.1, -0.05) is 35.9 Å². The molecule has 0 saturated heterocycles. The van der Waals surface area contributed by atoms with E-state index in [4.69, 9.17) is 16.3 Å². The highest BCUT2D eigenvalue weighted by atomic mass is 35.5. The molecule has 5 nitrogen and oxygen atoms in total. The number of benzene rings is 3. The molecular formula is C23H18ClFN2O3. The maximum atomic E-state index is 13.0. The summed E-state index contributed by atoms with van der Waals surface area (Å²) in [7, 11) is 0. The normalized spacial score (nSPS) is 12.9. The molecular weight excluding hydrogens is 407 g/mol. The van der Waals surface area contributed by atoms with Crippen LogP contribution in [0.3, 0.4) is 0 Å². The van der Waals surface area contributed by atoms with E-state index in [0.717, 1.165) is 5.56 Å². The lowest BCUT2D eigenvalue weighted by molar-refractivity contribution is -0.121. The maximum absolute atomic E-state index is 13.0. The van der Waals surface area contributed by atoms with Crippen LogP contribution in [0.1, 0.15) is 11.1 Å². The molecule has 2 amide bonds. The second-order valence-corrected chi connectivity index (χ2v) is 7.37. The van der Waals surface area contributed by atoms with Crippen LogP contribution in [0, 0.1) is 5.82 Å². The Morgan fingerprint density at radius 1 is 1.03 bits per heavy atom. The summed E-state index contributed by atoms with van der Waals surface area (Å²) in [6.07, 6.45) is 0.112. The number of fused-ring (bicyclic) bond motifs is 1. The van der Waals surface area contributed by atoms with Gasteiger partial charge < -0.3 is 15.0 Å². The Labute approximate surface area is 178 Å². The summed E-state index contributed by atoms with van der Waals surface area (Å²) in [6.45, 7) is 0.316. The van der Waals surface area contributed by atoms with Gasteiger partial charge >= 0.3 is 0 Å². The minimum atomic E-state index is -0.348. The van der Waals surface area contributed by atoms with Crippen LogP contribution >= 0.6 is 11.6 Å². The Balaban J connectivity index is 1.52. The molecule has 0 aliphatic carbocycles. The van der Waals surface area contributed by atoms with Crippen LogP contribution < -0.4 is 15.0 Å². The van der Waals surface area contributed by atoms with E-state index in [1.165, 1.54) is 12.1 Å². The van der Waals surface area contributed by atoms with Crippen LogP contribution in [0.5, 0.6) is 5.75 Å². The molecule has 0 aromatic heterocycles. The van der Waals surface area contributed by atoms with E-state index in [2.05, 4.69) is 5.32 Å². The van der Waals surface area contributed by atoms with Gasteiger partial charge in [-0.3, -0.25) is 9.59 Å². The predicted molar refractivity (Wildman–Crippen MR) is 113 cm³/mol. The zero-order valence-electron chi connectivity index (χ0n) is 15.9. The molecule has 0 radical (unpaired) electrons. The largest absolute Gasteiger partial charge is 0.482 e. The topological polar surface area (TPSA) is 58.6 Å². The molecule has 0 atom stereocenters. The van der Waals surface area contributed by atoms with Gasteiger partial charge in [0.05, 0.1) is 18.7 Å². The van der Waals surface area contributed by atoms with Gasteiger partial charge in [0, 0.05) is 10.7 Å². The van der Waals surface area contributed by atoms with E-state index in [1.807, 2.05) is 12.1 Å². The Morgan fingerprint density at radius 2 is 1.73 bits per heavy atom. The quantitative estimate of drug-likeness (QED) is 0.652. The van der Waals surface area contributed by atoms with Crippen molar-refractivity contribution in [3.05, 3.63) is 88.7 Å². The van der Waals surface area contributed by atoms with Gasteiger partial charge in [-0.2, -0.15) is 0 Å². The van der Waals surface area contributed by atoms with Crippen molar-refractivity contribution in [3.63, 3.8) is 0 Å². The van der Waals surface area contributed by atoms with E-state index >= 15 is 0 Å². The number of anilines is 2. The van der Waals surface area contributed by atoms with Crippen molar-refractivity contribution >= 4 is 34.8 Å². The fourth-order valence-corrected chi connectivity index (χ4v) is 3.34. The summed E-state index contributed by atoms with van der Waals surface area (Å²) >= 11 is 5.94. The van der Waals surface area contributed by atoms with Gasteiger partial charge in [0.15, 0.2) is 6.61 Å². The van der Waals surface area contributed by atoms with Crippen molar-refractivity contribution in [2.24, 2.45) is 0 Å². The predicted octanol–water partition coefficient (Wildman–Crippen LogP) is 4.59. The third-order valence-electron chi connectivity index (χ3n) is 4.72. The maximum Gasteiger partial charge on any atom is 0.265 e. The van der Waals surface area contributed by atoms with Crippen LogP contribution in [0.25, 0.3) is 0 Å². The number of hydrogen-bond donors (Lipinski definition) is 1. The molecule has 4 rings (SSSR count). The van der Waals surface area contributed by atoms with Crippen molar-refractivity contribution < 1.29 is 18.7 Å². The monoisotopic (exact) mass is 424 g/mol. The Kier molecular flexibility index (Phi) is 5.68. The first-order chi connectivity index (χ1) is 14.5. The van der Waals surface area contributed by atoms with Crippen LogP contribution in [0.15, 0.2) is 66.7 Å². The van der Waals surface area contributed by atoms with Crippen molar-refractivity contribution in [2.45, 2.75) is 13.0 Å². The van der Waals surface area contributed by atoms with Crippen molar-refractivity contribution in [3.8, 4) is 5.75 Å². The van der Waals surface area contributed by atoms with Gasteiger partial charge in [0.2, 0.25) is 5.91 Å². The summed E-state index contributed by atoms with van der Waals surface area (Å²) < 4.78 is 18.6. The van der Waals surface area contributed by atoms with Crippen LogP contribution in [0.2, 0.25) is 5.02 Å². The molecule has 3 aromatic rings. The van der Waals surface area contributed by atoms with E-state index in [9.17, 15) is 14.0 Å². The third-order valence-corrected chi connectivity index (χ3v) is 4.97. The number of carbonyl (C=O) groups is 2. The van der Waals surface area contributed by atoms with Gasteiger partial charge in [-0.05, 0) is 53.6 Å². The van der Waals surface area contributed by atoms with Gasteiger partial charge in [0.1, 0.15) is 11.6 Å². The van der Waals surface area contributed by atoms with Crippen molar-refractivity contribution in [1.82, 2.24) is 0 Å². The fourth-order valence-electron chi connectivity index (χ4n) is 3.22. The van der Waals surface area contributed by atoms with Gasteiger partial charge in [-0.15, -0.1) is 0 Å². The molecule has 30 heavy (non-hydrogen) atoms.